The van der Waals surface area contributed by atoms with Crippen LogP contribution in [0.15, 0.2) is 84.9 Å². The van der Waals surface area contributed by atoms with E-state index in [4.69, 9.17) is 0 Å². The molecule has 0 heterocycles. The maximum absolute atomic E-state index is 14.1. The van der Waals surface area contributed by atoms with E-state index in [1.807, 2.05) is 74.5 Å². The minimum atomic E-state index is -1.50. The summed E-state index contributed by atoms with van der Waals surface area (Å²) >= 11 is 0. The molecule has 3 aromatic carbocycles. The fourth-order valence-corrected chi connectivity index (χ4v) is 6.44. The molecular weight excluding hydrogens is 370 g/mol. The Morgan fingerprint density at radius 3 is 1.70 bits per heavy atom. The van der Waals surface area contributed by atoms with Crippen molar-refractivity contribution in [3.8, 4) is 6.07 Å². The molecule has 2 unspecified atom stereocenters. The normalized spacial score (nSPS) is 25.4. The van der Waals surface area contributed by atoms with Crippen LogP contribution in [0.5, 0.6) is 0 Å². The third-order valence-electron chi connectivity index (χ3n) is 7.36. The summed E-state index contributed by atoms with van der Waals surface area (Å²) in [5, 5.41) is 10.7. The van der Waals surface area contributed by atoms with E-state index in [-0.39, 0.29) is 11.6 Å². The average molecular weight is 391 g/mol. The zero-order chi connectivity index (χ0) is 21.1. The Bertz CT molecular complexity index is 1180. The lowest BCUT2D eigenvalue weighted by atomic mass is 9.26. The fraction of sp³-hybridized carbons (Fsp3) is 0.222. The van der Waals surface area contributed by atoms with Crippen molar-refractivity contribution in [3.05, 3.63) is 107 Å². The molecule has 0 aliphatic heterocycles. The Morgan fingerprint density at radius 2 is 1.20 bits per heavy atom. The molecule has 3 aromatic rings. The van der Waals surface area contributed by atoms with Crippen molar-refractivity contribution >= 4 is 11.6 Å². The van der Waals surface area contributed by atoms with Gasteiger partial charge in [-0.3, -0.25) is 9.59 Å². The third kappa shape index (κ3) is 1.81. The van der Waals surface area contributed by atoms with Gasteiger partial charge in [-0.1, -0.05) is 98.8 Å². The van der Waals surface area contributed by atoms with Crippen LogP contribution in [-0.2, 0) is 5.41 Å². The number of rotatable bonds is 2. The number of nitrogens with zero attached hydrogens (tertiary/aromatic N) is 1. The van der Waals surface area contributed by atoms with E-state index >= 15 is 0 Å². The summed E-state index contributed by atoms with van der Waals surface area (Å²) in [4.78, 5) is 27.7. The molecule has 2 aliphatic rings. The Labute approximate surface area is 176 Å². The highest BCUT2D eigenvalue weighted by Crippen LogP contribution is 2.76. The Balaban J connectivity index is 1.93. The quantitative estimate of drug-likeness (QED) is 0.602. The first-order valence-electron chi connectivity index (χ1n) is 10.1. The molecule has 0 radical (unpaired) electrons. The minimum Gasteiger partial charge on any atom is -0.294 e. The lowest BCUT2D eigenvalue weighted by Crippen LogP contribution is -2.78. The molecule has 1 fully saturated rings. The van der Waals surface area contributed by atoms with E-state index in [1.165, 1.54) is 0 Å². The van der Waals surface area contributed by atoms with E-state index in [1.54, 1.807) is 24.3 Å². The van der Waals surface area contributed by atoms with Crippen LogP contribution >= 0.6 is 0 Å². The molecule has 0 saturated heterocycles. The van der Waals surface area contributed by atoms with Crippen LogP contribution in [0.2, 0.25) is 0 Å². The molecule has 2 aliphatic carbocycles. The van der Waals surface area contributed by atoms with Gasteiger partial charge in [0.2, 0.25) is 0 Å². The molecule has 0 aromatic heterocycles. The molecule has 3 nitrogen and oxygen atoms in total. The number of carbonyl (C=O) groups excluding carboxylic acids is 2. The van der Waals surface area contributed by atoms with Crippen LogP contribution in [0.25, 0.3) is 0 Å². The van der Waals surface area contributed by atoms with Gasteiger partial charge in [-0.25, -0.2) is 0 Å². The summed E-state index contributed by atoms with van der Waals surface area (Å²) < 4.78 is 0. The molecule has 0 spiro atoms. The lowest BCUT2D eigenvalue weighted by Gasteiger charge is -2.71. The Kier molecular flexibility index (Phi) is 3.70. The van der Waals surface area contributed by atoms with E-state index in [0.717, 1.165) is 11.1 Å². The van der Waals surface area contributed by atoms with Gasteiger partial charge in [0.15, 0.2) is 11.6 Å². The first-order chi connectivity index (χ1) is 14.4. The Hall–Kier alpha value is -3.51. The first kappa shape index (κ1) is 18.5. The van der Waals surface area contributed by atoms with Gasteiger partial charge in [0.1, 0.15) is 5.41 Å². The van der Waals surface area contributed by atoms with E-state index in [9.17, 15) is 14.9 Å². The van der Waals surface area contributed by atoms with E-state index in [2.05, 4.69) is 6.07 Å². The number of fused-ring (bicyclic) bond motifs is 2. The summed E-state index contributed by atoms with van der Waals surface area (Å²) in [7, 11) is 0. The van der Waals surface area contributed by atoms with E-state index < -0.39 is 22.2 Å². The smallest absolute Gasteiger partial charge is 0.185 e. The molecule has 30 heavy (non-hydrogen) atoms. The lowest BCUT2D eigenvalue weighted by molar-refractivity contribution is -0.107. The van der Waals surface area contributed by atoms with Gasteiger partial charge in [0, 0.05) is 11.1 Å². The number of Topliss-reactive ketones (excluding diaryl/α,β-unsaturated/α-hetero) is 2. The second-order valence-electron chi connectivity index (χ2n) is 8.80. The van der Waals surface area contributed by atoms with Crippen LogP contribution in [0, 0.1) is 28.1 Å². The summed E-state index contributed by atoms with van der Waals surface area (Å²) in [5.41, 5.74) is -0.522. The number of ketones is 2. The Morgan fingerprint density at radius 1 is 0.733 bits per heavy atom. The van der Waals surface area contributed by atoms with Crippen molar-refractivity contribution in [2.24, 2.45) is 16.7 Å². The van der Waals surface area contributed by atoms with Crippen molar-refractivity contribution in [2.75, 3.05) is 0 Å². The maximum atomic E-state index is 14.1. The second kappa shape index (κ2) is 6.00. The fourth-order valence-electron chi connectivity index (χ4n) is 6.44. The third-order valence-corrected chi connectivity index (χ3v) is 7.36. The zero-order valence-corrected chi connectivity index (χ0v) is 16.9. The van der Waals surface area contributed by atoms with Gasteiger partial charge in [-0.2, -0.15) is 5.26 Å². The van der Waals surface area contributed by atoms with Crippen LogP contribution in [0.1, 0.15) is 45.7 Å². The summed E-state index contributed by atoms with van der Waals surface area (Å²) in [6, 6.07) is 28.8. The predicted molar refractivity (Wildman–Crippen MR) is 114 cm³/mol. The van der Waals surface area contributed by atoms with Crippen LogP contribution < -0.4 is 0 Å². The van der Waals surface area contributed by atoms with Crippen molar-refractivity contribution in [1.82, 2.24) is 0 Å². The minimum absolute atomic E-state index is 0.112. The summed E-state index contributed by atoms with van der Waals surface area (Å²) in [6.45, 7) is 4.04. The number of carbonyl (C=O) groups is 2. The highest BCUT2D eigenvalue weighted by atomic mass is 16.1. The number of hydrogen-bond acceptors (Lipinski definition) is 3. The largest absolute Gasteiger partial charge is 0.294 e. The molecule has 3 heteroatoms. The van der Waals surface area contributed by atoms with Crippen LogP contribution in [0.3, 0.4) is 0 Å². The highest BCUT2D eigenvalue weighted by Gasteiger charge is 2.83. The zero-order valence-electron chi connectivity index (χ0n) is 16.9. The molecule has 2 atom stereocenters. The molecule has 0 N–H and O–H groups in total. The van der Waals surface area contributed by atoms with Crippen molar-refractivity contribution < 1.29 is 9.59 Å². The van der Waals surface area contributed by atoms with Gasteiger partial charge in [-0.05, 0) is 16.5 Å². The first-order valence-corrected chi connectivity index (χ1v) is 10.1. The SMILES string of the molecule is CC1(C)C2C(=O)c3ccccc3C(=O)C2(C#N)C1(c1ccccc1)c1ccccc1. The molecule has 1 saturated carbocycles. The van der Waals surface area contributed by atoms with Gasteiger partial charge < -0.3 is 0 Å². The molecule has 0 amide bonds. The van der Waals surface area contributed by atoms with Crippen molar-refractivity contribution in [1.29, 1.82) is 5.26 Å². The molecule has 5 rings (SSSR count). The number of nitriles is 1. The highest BCUT2D eigenvalue weighted by molar-refractivity contribution is 6.21. The molecule has 146 valence electrons. The van der Waals surface area contributed by atoms with Gasteiger partial charge in [-0.15, -0.1) is 0 Å². The summed E-state index contributed by atoms with van der Waals surface area (Å²) in [6.07, 6.45) is 0. The molecule has 0 bridgehead atoms. The summed E-state index contributed by atoms with van der Waals surface area (Å²) in [5.74, 6) is -1.07. The average Bonchev–Trinajstić information content (AvgIpc) is 2.78. The van der Waals surface area contributed by atoms with Gasteiger partial charge in [0.05, 0.1) is 17.4 Å². The van der Waals surface area contributed by atoms with E-state index in [0.29, 0.717) is 11.1 Å². The number of benzene rings is 3. The maximum Gasteiger partial charge on any atom is 0.185 e. The van der Waals surface area contributed by atoms with Gasteiger partial charge >= 0.3 is 0 Å². The molecular formula is C27H21NO2. The number of hydrogen-bond donors (Lipinski definition) is 0. The van der Waals surface area contributed by atoms with Crippen molar-refractivity contribution in [2.45, 2.75) is 19.3 Å². The van der Waals surface area contributed by atoms with Crippen LogP contribution in [0.4, 0.5) is 0 Å². The van der Waals surface area contributed by atoms with Crippen molar-refractivity contribution in [3.63, 3.8) is 0 Å². The standard InChI is InChI=1S/C27H21NO2/c1-25(2)23-22(29)20-15-9-10-16-21(20)24(30)26(23,17-28)27(25,18-11-5-3-6-12-18)19-13-7-4-8-14-19/h3-16,23H,1-2H3. The monoisotopic (exact) mass is 391 g/mol. The van der Waals surface area contributed by atoms with Gasteiger partial charge in [0.25, 0.3) is 0 Å². The van der Waals surface area contributed by atoms with Crippen LogP contribution in [-0.4, -0.2) is 11.6 Å². The topological polar surface area (TPSA) is 57.9 Å². The predicted octanol–water partition coefficient (Wildman–Crippen LogP) is 5.22. The second-order valence-corrected chi connectivity index (χ2v) is 8.80.